The van der Waals surface area contributed by atoms with Crippen molar-refractivity contribution < 1.29 is 12.8 Å². The predicted molar refractivity (Wildman–Crippen MR) is 50.5 cm³/mol. The Bertz CT molecular complexity index is 404. The number of sulfonamides is 1. The van der Waals surface area contributed by atoms with Crippen molar-refractivity contribution in [2.45, 2.75) is 4.90 Å². The molecule has 12 heavy (non-hydrogen) atoms. The molecule has 0 radical (unpaired) electrons. The van der Waals surface area contributed by atoms with Crippen LogP contribution in [-0.4, -0.2) is 8.42 Å². The fourth-order valence-corrected chi connectivity index (χ4v) is 1.92. The Balaban J connectivity index is 3.33. The summed E-state index contributed by atoms with van der Waals surface area (Å²) in [6.45, 7) is 0. The maximum atomic E-state index is 12.6. The van der Waals surface area contributed by atoms with E-state index in [1.165, 1.54) is 6.07 Å². The van der Waals surface area contributed by atoms with E-state index >= 15 is 0 Å². The topological polar surface area (TPSA) is 60.2 Å². The van der Waals surface area contributed by atoms with Crippen LogP contribution in [0.25, 0.3) is 0 Å². The number of hydrogen-bond donors (Lipinski definition) is 1. The lowest BCUT2D eigenvalue weighted by molar-refractivity contribution is 0.595. The highest BCUT2D eigenvalue weighted by Crippen LogP contribution is 2.15. The van der Waals surface area contributed by atoms with Crippen molar-refractivity contribution >= 4 is 32.6 Å². The van der Waals surface area contributed by atoms with E-state index in [4.69, 9.17) is 5.14 Å². The molecule has 1 aromatic rings. The van der Waals surface area contributed by atoms with Crippen LogP contribution in [0.4, 0.5) is 4.39 Å². The fourth-order valence-electron chi connectivity index (χ4n) is 0.654. The monoisotopic (exact) mass is 301 g/mol. The lowest BCUT2D eigenvalue weighted by Crippen LogP contribution is -2.12. The molecule has 0 saturated heterocycles. The number of primary sulfonamides is 1. The molecule has 0 aliphatic rings. The third kappa shape index (κ3) is 2.14. The van der Waals surface area contributed by atoms with Gasteiger partial charge in [0.1, 0.15) is 5.82 Å². The van der Waals surface area contributed by atoms with Crippen LogP contribution in [0.3, 0.4) is 0 Å². The van der Waals surface area contributed by atoms with Crippen LogP contribution in [0.5, 0.6) is 0 Å². The molecule has 2 N–H and O–H groups in total. The minimum Gasteiger partial charge on any atom is -0.225 e. The lowest BCUT2D eigenvalue weighted by Gasteiger charge is -1.98. The number of benzene rings is 1. The smallest absolute Gasteiger partial charge is 0.225 e. The van der Waals surface area contributed by atoms with E-state index in [2.05, 4.69) is 0 Å². The summed E-state index contributed by atoms with van der Waals surface area (Å²) in [4.78, 5) is -0.0756. The number of nitrogens with two attached hydrogens (primary N) is 1. The first-order valence-corrected chi connectivity index (χ1v) is 5.51. The van der Waals surface area contributed by atoms with Gasteiger partial charge in [-0.15, -0.1) is 0 Å². The zero-order chi connectivity index (χ0) is 9.35. The Hall–Kier alpha value is -0.210. The van der Waals surface area contributed by atoms with Crippen molar-refractivity contribution in [2.24, 2.45) is 5.14 Å². The molecule has 0 heterocycles. The van der Waals surface area contributed by atoms with Crippen LogP contribution in [-0.2, 0) is 10.0 Å². The number of halogens is 2. The van der Waals surface area contributed by atoms with Crippen molar-refractivity contribution in [3.05, 3.63) is 27.6 Å². The average Bonchev–Trinajstić information content (AvgIpc) is 1.92. The summed E-state index contributed by atoms with van der Waals surface area (Å²) in [6, 6.07) is 3.39. The van der Waals surface area contributed by atoms with Gasteiger partial charge < -0.3 is 0 Å². The Labute approximate surface area is 83.0 Å². The summed E-state index contributed by atoms with van der Waals surface area (Å²) in [5.41, 5.74) is 0. The average molecular weight is 301 g/mol. The zero-order valence-electron chi connectivity index (χ0n) is 5.79. The largest absolute Gasteiger partial charge is 0.238 e. The maximum absolute atomic E-state index is 12.6. The molecule has 0 aliphatic heterocycles. The van der Waals surface area contributed by atoms with Gasteiger partial charge in [-0.3, -0.25) is 0 Å². The first-order chi connectivity index (χ1) is 5.41. The predicted octanol–water partition coefficient (Wildman–Crippen LogP) is 1.08. The lowest BCUT2D eigenvalue weighted by atomic mass is 10.3. The minimum absolute atomic E-state index is 0.0756. The highest BCUT2D eigenvalue weighted by Gasteiger charge is 2.09. The van der Waals surface area contributed by atoms with Gasteiger partial charge in [-0.05, 0) is 40.8 Å². The summed E-state index contributed by atoms with van der Waals surface area (Å²) in [5.74, 6) is -0.456. The van der Waals surface area contributed by atoms with Gasteiger partial charge in [0.2, 0.25) is 10.0 Å². The quantitative estimate of drug-likeness (QED) is 0.789. The normalized spacial score (nSPS) is 11.6. The highest BCUT2D eigenvalue weighted by molar-refractivity contribution is 14.1. The molecule has 0 atom stereocenters. The molecule has 6 heteroatoms. The summed E-state index contributed by atoms with van der Waals surface area (Å²) >= 11 is 1.69. The van der Waals surface area contributed by atoms with Crippen LogP contribution in [0.2, 0.25) is 0 Å². The van der Waals surface area contributed by atoms with Gasteiger partial charge in [-0.1, -0.05) is 0 Å². The second-order valence-electron chi connectivity index (χ2n) is 2.12. The molecule has 0 bridgehead atoms. The summed E-state index contributed by atoms with van der Waals surface area (Å²) in [7, 11) is -3.71. The minimum atomic E-state index is -3.71. The second-order valence-corrected chi connectivity index (χ2v) is 4.84. The van der Waals surface area contributed by atoms with Crippen molar-refractivity contribution in [3.8, 4) is 0 Å². The van der Waals surface area contributed by atoms with Gasteiger partial charge >= 0.3 is 0 Å². The Morgan fingerprint density at radius 1 is 1.42 bits per heavy atom. The van der Waals surface area contributed by atoms with Crippen molar-refractivity contribution in [3.63, 3.8) is 0 Å². The molecular formula is C6H5FINO2S. The Kier molecular flexibility index (Phi) is 2.69. The molecule has 66 valence electrons. The Morgan fingerprint density at radius 2 is 2.00 bits per heavy atom. The van der Waals surface area contributed by atoms with Gasteiger partial charge in [-0.2, -0.15) is 0 Å². The van der Waals surface area contributed by atoms with E-state index in [1.54, 1.807) is 22.6 Å². The molecule has 0 aliphatic carbocycles. The van der Waals surface area contributed by atoms with E-state index in [1.807, 2.05) is 0 Å². The zero-order valence-corrected chi connectivity index (χ0v) is 8.76. The van der Waals surface area contributed by atoms with Crippen LogP contribution in [0.1, 0.15) is 0 Å². The van der Waals surface area contributed by atoms with Crippen LogP contribution in [0.15, 0.2) is 23.1 Å². The van der Waals surface area contributed by atoms with Crippen molar-refractivity contribution in [1.82, 2.24) is 0 Å². The molecule has 3 nitrogen and oxygen atoms in total. The summed E-state index contributed by atoms with van der Waals surface area (Å²) in [5, 5.41) is 4.82. The van der Waals surface area contributed by atoms with Gasteiger partial charge in [0.05, 0.1) is 8.47 Å². The third-order valence-electron chi connectivity index (χ3n) is 1.22. The second kappa shape index (κ2) is 3.27. The van der Waals surface area contributed by atoms with Crippen molar-refractivity contribution in [1.29, 1.82) is 0 Å². The van der Waals surface area contributed by atoms with Crippen LogP contribution >= 0.6 is 22.6 Å². The molecule has 1 rings (SSSR count). The highest BCUT2D eigenvalue weighted by atomic mass is 127. The van der Waals surface area contributed by atoms with Gasteiger partial charge in [0.25, 0.3) is 0 Å². The molecule has 0 amide bonds. The van der Waals surface area contributed by atoms with Crippen LogP contribution < -0.4 is 5.14 Å². The van der Waals surface area contributed by atoms with Crippen molar-refractivity contribution in [2.75, 3.05) is 0 Å². The van der Waals surface area contributed by atoms with E-state index < -0.39 is 15.8 Å². The standard InChI is InChI=1S/C6H5FINO2S/c7-5-2-1-4(3-6(5)8)12(9,10)11/h1-3H,(H2,9,10,11). The molecule has 0 saturated carbocycles. The third-order valence-corrected chi connectivity index (χ3v) is 2.96. The molecule has 0 spiro atoms. The fraction of sp³-hybridized carbons (Fsp3) is 0. The van der Waals surface area contributed by atoms with Gasteiger partial charge in [0.15, 0.2) is 0 Å². The van der Waals surface area contributed by atoms with E-state index in [9.17, 15) is 12.8 Å². The van der Waals surface area contributed by atoms with E-state index in [0.717, 1.165) is 12.1 Å². The van der Waals surface area contributed by atoms with Crippen LogP contribution in [0, 0.1) is 9.39 Å². The molecule has 0 fully saturated rings. The van der Waals surface area contributed by atoms with E-state index in [-0.39, 0.29) is 8.47 Å². The van der Waals surface area contributed by atoms with E-state index in [0.29, 0.717) is 0 Å². The molecular weight excluding hydrogens is 296 g/mol. The number of rotatable bonds is 1. The summed E-state index contributed by atoms with van der Waals surface area (Å²) < 4.78 is 34.4. The number of hydrogen-bond acceptors (Lipinski definition) is 2. The molecule has 1 aromatic carbocycles. The first kappa shape index (κ1) is 9.87. The van der Waals surface area contributed by atoms with Gasteiger partial charge in [0, 0.05) is 0 Å². The molecule has 0 aromatic heterocycles. The Morgan fingerprint density at radius 3 is 2.42 bits per heavy atom. The first-order valence-electron chi connectivity index (χ1n) is 2.89. The summed E-state index contributed by atoms with van der Waals surface area (Å²) in [6.07, 6.45) is 0. The van der Waals surface area contributed by atoms with Gasteiger partial charge in [-0.25, -0.2) is 17.9 Å². The SMILES string of the molecule is NS(=O)(=O)c1ccc(F)c(I)c1. The maximum Gasteiger partial charge on any atom is 0.238 e. The molecule has 0 unspecified atom stereocenters.